The topological polar surface area (TPSA) is 121 Å². The lowest BCUT2D eigenvalue weighted by atomic mass is 9.61. The number of aliphatic hydroxyl groups excluding tert-OH is 6. The molecule has 0 bridgehead atoms. The van der Waals surface area contributed by atoms with Gasteiger partial charge < -0.3 is 30.6 Å². The van der Waals surface area contributed by atoms with Gasteiger partial charge in [0.05, 0.1) is 18.3 Å². The first-order chi connectivity index (χ1) is 17.4. The van der Waals surface area contributed by atoms with Crippen LogP contribution in [0.5, 0.6) is 0 Å². The maximum absolute atomic E-state index is 11.5. The number of aliphatic hydroxyl groups is 6. The van der Waals surface area contributed by atoms with Crippen LogP contribution in [0.2, 0.25) is 0 Å². The molecule has 2 saturated carbocycles. The van der Waals surface area contributed by atoms with Gasteiger partial charge in [-0.05, 0) is 117 Å². The van der Waals surface area contributed by atoms with Gasteiger partial charge in [-0.15, -0.1) is 0 Å². The Hall–Kier alpha value is -0.240. The third-order valence-electron chi connectivity index (χ3n) is 10.4. The van der Waals surface area contributed by atoms with E-state index in [0.717, 1.165) is 64.2 Å². The van der Waals surface area contributed by atoms with E-state index in [1.807, 2.05) is 0 Å². The molecule has 6 heteroatoms. The van der Waals surface area contributed by atoms with Gasteiger partial charge in [0, 0.05) is 25.7 Å². The van der Waals surface area contributed by atoms with E-state index < -0.39 is 12.2 Å². The second-order valence-corrected chi connectivity index (χ2v) is 14.2. The van der Waals surface area contributed by atoms with Crippen LogP contribution in [0, 0.1) is 46.3 Å². The molecule has 2 rings (SSSR count). The predicted molar refractivity (Wildman–Crippen MR) is 149 cm³/mol. The zero-order chi connectivity index (χ0) is 27.8. The fourth-order valence-corrected chi connectivity index (χ4v) is 7.89. The Morgan fingerprint density at radius 2 is 1.41 bits per heavy atom. The third kappa shape index (κ3) is 9.72. The molecule has 0 heterocycles. The lowest BCUT2D eigenvalue weighted by molar-refractivity contribution is -0.0637. The van der Waals surface area contributed by atoms with Crippen molar-refractivity contribution in [3.63, 3.8) is 0 Å². The van der Waals surface area contributed by atoms with E-state index in [2.05, 4.69) is 34.6 Å². The van der Waals surface area contributed by atoms with E-state index in [1.54, 1.807) is 0 Å². The molecule has 6 nitrogen and oxygen atoms in total. The van der Waals surface area contributed by atoms with Gasteiger partial charge in [-0.25, -0.2) is 0 Å². The average molecular weight is 529 g/mol. The molecule has 0 amide bonds. The maximum Gasteiger partial charge on any atom is 0.0618 e. The fraction of sp³-hybridized carbons (Fsp3) is 1.00. The number of hydrogen-bond acceptors (Lipinski definition) is 6. The minimum Gasteiger partial charge on any atom is -0.396 e. The van der Waals surface area contributed by atoms with Crippen molar-refractivity contribution in [2.24, 2.45) is 46.3 Å². The Labute approximate surface area is 226 Å². The first kappa shape index (κ1) is 33.0. The standard InChI is InChI=1S/C31H60O6/c1-21(12-14-32)27(30(3,4)20-34)19-31(5,13-15-33)18-22(2)29(37)26-17-24(8-11-28(26)36)16-23-6-9-25(35)10-7-23/h21-29,32-37H,6-20H2,1-5H3. The third-order valence-corrected chi connectivity index (χ3v) is 10.4. The molecule has 0 aliphatic heterocycles. The largest absolute Gasteiger partial charge is 0.396 e. The van der Waals surface area contributed by atoms with Crippen LogP contribution >= 0.6 is 0 Å². The maximum atomic E-state index is 11.5. The summed E-state index contributed by atoms with van der Waals surface area (Å²) in [5.41, 5.74) is -0.535. The van der Waals surface area contributed by atoms with E-state index in [1.165, 1.54) is 0 Å². The summed E-state index contributed by atoms with van der Waals surface area (Å²) in [6.07, 6.45) is 9.37. The van der Waals surface area contributed by atoms with Crippen LogP contribution < -0.4 is 0 Å². The van der Waals surface area contributed by atoms with Gasteiger partial charge in [-0.3, -0.25) is 0 Å². The highest BCUT2D eigenvalue weighted by Crippen LogP contribution is 2.47. The molecular weight excluding hydrogens is 468 g/mol. The van der Waals surface area contributed by atoms with Gasteiger partial charge in [-0.1, -0.05) is 34.6 Å². The second kappa shape index (κ2) is 14.9. The monoisotopic (exact) mass is 528 g/mol. The van der Waals surface area contributed by atoms with Gasteiger partial charge in [0.2, 0.25) is 0 Å². The van der Waals surface area contributed by atoms with Crippen LogP contribution in [0.3, 0.4) is 0 Å². The Morgan fingerprint density at radius 3 is 1.97 bits per heavy atom. The summed E-state index contributed by atoms with van der Waals surface area (Å²) < 4.78 is 0. The lowest BCUT2D eigenvalue weighted by Crippen LogP contribution is -2.43. The molecule has 220 valence electrons. The minimum absolute atomic E-state index is 0.0224. The van der Waals surface area contributed by atoms with Crippen molar-refractivity contribution in [2.45, 2.75) is 130 Å². The van der Waals surface area contributed by atoms with E-state index in [-0.39, 0.29) is 60.4 Å². The van der Waals surface area contributed by atoms with E-state index in [0.29, 0.717) is 24.7 Å². The van der Waals surface area contributed by atoms with Crippen LogP contribution in [0.1, 0.15) is 112 Å². The number of hydrogen-bond donors (Lipinski definition) is 6. The summed E-state index contributed by atoms with van der Waals surface area (Å²) in [5, 5.41) is 61.9. The minimum atomic E-state index is -0.594. The summed E-state index contributed by atoms with van der Waals surface area (Å²) in [6, 6.07) is 0. The Balaban J connectivity index is 2.08. The predicted octanol–water partition coefficient (Wildman–Crippen LogP) is 4.52. The Morgan fingerprint density at radius 1 is 0.784 bits per heavy atom. The molecule has 0 aromatic rings. The van der Waals surface area contributed by atoms with Crippen LogP contribution in [0.15, 0.2) is 0 Å². The molecule has 2 aliphatic rings. The molecule has 37 heavy (non-hydrogen) atoms. The summed E-state index contributed by atoms with van der Waals surface area (Å²) in [5.74, 6) is 1.43. The van der Waals surface area contributed by atoms with Crippen molar-refractivity contribution in [1.29, 1.82) is 0 Å². The molecule has 0 radical (unpaired) electrons. The van der Waals surface area contributed by atoms with E-state index in [4.69, 9.17) is 0 Å². The van der Waals surface area contributed by atoms with Crippen LogP contribution in [-0.4, -0.2) is 68.8 Å². The quantitative estimate of drug-likeness (QED) is 0.186. The average Bonchev–Trinajstić information content (AvgIpc) is 2.84. The number of rotatable bonds is 15. The van der Waals surface area contributed by atoms with Gasteiger partial charge in [0.15, 0.2) is 0 Å². The molecule has 8 atom stereocenters. The highest BCUT2D eigenvalue weighted by Gasteiger charge is 2.42. The molecule has 0 saturated heterocycles. The zero-order valence-electron chi connectivity index (χ0n) is 24.5. The lowest BCUT2D eigenvalue weighted by Gasteiger charge is -2.45. The normalized spacial score (nSPS) is 32.4. The van der Waals surface area contributed by atoms with Crippen LogP contribution in [-0.2, 0) is 0 Å². The summed E-state index contributed by atoms with van der Waals surface area (Å²) in [6.45, 7) is 10.8. The Kier molecular flexibility index (Phi) is 13.3. The first-order valence-electron chi connectivity index (χ1n) is 15.2. The molecule has 8 unspecified atom stereocenters. The molecule has 0 spiro atoms. The first-order valence-corrected chi connectivity index (χ1v) is 15.2. The van der Waals surface area contributed by atoms with Crippen molar-refractivity contribution in [3.05, 3.63) is 0 Å². The SMILES string of the molecule is CC(CC(C)(CCO)CC(C(C)CCO)C(C)(C)CO)C(O)C1CC(CC2CCC(O)CC2)CCC1O. The molecular formula is C31H60O6. The van der Waals surface area contributed by atoms with Crippen molar-refractivity contribution in [2.75, 3.05) is 19.8 Å². The van der Waals surface area contributed by atoms with Crippen molar-refractivity contribution in [3.8, 4) is 0 Å². The van der Waals surface area contributed by atoms with Crippen LogP contribution in [0.25, 0.3) is 0 Å². The smallest absolute Gasteiger partial charge is 0.0618 e. The Bertz CT molecular complexity index is 633. The summed E-state index contributed by atoms with van der Waals surface area (Å²) >= 11 is 0. The van der Waals surface area contributed by atoms with Gasteiger partial charge in [-0.2, -0.15) is 0 Å². The highest BCUT2D eigenvalue weighted by molar-refractivity contribution is 4.92. The van der Waals surface area contributed by atoms with Gasteiger partial charge >= 0.3 is 0 Å². The molecule has 2 fully saturated rings. The molecule has 2 aliphatic carbocycles. The van der Waals surface area contributed by atoms with Crippen molar-refractivity contribution in [1.82, 2.24) is 0 Å². The van der Waals surface area contributed by atoms with Crippen molar-refractivity contribution < 1.29 is 30.6 Å². The molecule has 0 aromatic carbocycles. The molecule has 6 N–H and O–H groups in total. The van der Waals surface area contributed by atoms with Crippen LogP contribution in [0.4, 0.5) is 0 Å². The van der Waals surface area contributed by atoms with Gasteiger partial charge in [0.1, 0.15) is 0 Å². The van der Waals surface area contributed by atoms with E-state index in [9.17, 15) is 30.6 Å². The fourth-order valence-electron chi connectivity index (χ4n) is 7.89. The highest BCUT2D eigenvalue weighted by atomic mass is 16.3. The van der Waals surface area contributed by atoms with E-state index >= 15 is 0 Å². The summed E-state index contributed by atoms with van der Waals surface area (Å²) in [7, 11) is 0. The zero-order valence-corrected chi connectivity index (χ0v) is 24.5. The second-order valence-electron chi connectivity index (χ2n) is 14.2. The summed E-state index contributed by atoms with van der Waals surface area (Å²) in [4.78, 5) is 0. The van der Waals surface area contributed by atoms with Crippen molar-refractivity contribution >= 4 is 0 Å². The molecule has 0 aromatic heterocycles. The van der Waals surface area contributed by atoms with Gasteiger partial charge in [0.25, 0.3) is 0 Å².